The molecule has 196 valence electrons. The number of rotatable bonds is 12. The van der Waals surface area contributed by atoms with Crippen molar-refractivity contribution < 1.29 is 34.0 Å². The molecule has 4 aromatic rings. The number of carbonyl (C=O) groups excluding carboxylic acids is 1. The largest absolute Gasteiger partial charge is 0.496 e. The minimum atomic E-state index is -0.211. The van der Waals surface area contributed by atoms with Crippen molar-refractivity contribution in [3.05, 3.63) is 96.1 Å². The number of hydrogen-bond donors (Lipinski definition) is 2. The molecule has 0 amide bonds. The van der Waals surface area contributed by atoms with Gasteiger partial charge < -0.3 is 29.2 Å². The van der Waals surface area contributed by atoms with Gasteiger partial charge in [-0.3, -0.25) is 4.79 Å². The van der Waals surface area contributed by atoms with Gasteiger partial charge >= 0.3 is 0 Å². The van der Waals surface area contributed by atoms with E-state index in [4.69, 9.17) is 29.2 Å². The Bertz CT molecular complexity index is 1260. The van der Waals surface area contributed by atoms with Gasteiger partial charge in [-0.2, -0.15) is 0 Å². The smallest absolute Gasteiger partial charge is 0.200 e. The number of aliphatic hydroxyl groups excluding tert-OH is 2. The topological polar surface area (TPSA) is 94.5 Å². The standard InChI is InChI=1S/C31H30O7/c1-35-29-19-23(21-3-9-25(10-4-21)37-17-15-32)7-13-27(29)31(34)28-14-8-24(20-30(28)36-2)22-5-11-26(12-6-22)38-18-16-33/h3-14,19-20,32-33H,15-18H2,1-2H3. The van der Waals surface area contributed by atoms with Crippen molar-refractivity contribution in [1.82, 2.24) is 0 Å². The molecule has 0 unspecified atom stereocenters. The summed E-state index contributed by atoms with van der Waals surface area (Å²) in [4.78, 5) is 13.6. The molecule has 0 heterocycles. The highest BCUT2D eigenvalue weighted by atomic mass is 16.5. The van der Waals surface area contributed by atoms with Gasteiger partial charge in [-0.05, 0) is 70.8 Å². The lowest BCUT2D eigenvalue weighted by molar-refractivity contribution is 0.103. The molecular weight excluding hydrogens is 484 g/mol. The zero-order valence-electron chi connectivity index (χ0n) is 21.3. The van der Waals surface area contributed by atoms with Crippen LogP contribution in [0.25, 0.3) is 22.3 Å². The summed E-state index contributed by atoms with van der Waals surface area (Å²) >= 11 is 0. The quantitative estimate of drug-likeness (QED) is 0.257. The van der Waals surface area contributed by atoms with E-state index in [1.165, 1.54) is 14.2 Å². The van der Waals surface area contributed by atoms with Crippen LogP contribution in [0.3, 0.4) is 0 Å². The van der Waals surface area contributed by atoms with Gasteiger partial charge in [0, 0.05) is 0 Å². The Balaban J connectivity index is 1.58. The van der Waals surface area contributed by atoms with Crippen molar-refractivity contribution in [2.24, 2.45) is 0 Å². The van der Waals surface area contributed by atoms with Gasteiger partial charge in [0.05, 0.1) is 38.6 Å². The van der Waals surface area contributed by atoms with Crippen LogP contribution in [-0.4, -0.2) is 56.6 Å². The minimum Gasteiger partial charge on any atom is -0.496 e. The molecule has 0 spiro atoms. The molecule has 0 radical (unpaired) electrons. The van der Waals surface area contributed by atoms with Gasteiger partial charge in [0.25, 0.3) is 0 Å². The predicted octanol–water partition coefficient (Wildman–Crippen LogP) is 5.01. The summed E-state index contributed by atoms with van der Waals surface area (Å²) in [5.74, 6) is 2.04. The first kappa shape index (κ1) is 26.7. The van der Waals surface area contributed by atoms with E-state index in [1.54, 1.807) is 12.1 Å². The van der Waals surface area contributed by atoms with Crippen molar-refractivity contribution >= 4 is 5.78 Å². The van der Waals surface area contributed by atoms with Crippen LogP contribution in [0.15, 0.2) is 84.9 Å². The van der Waals surface area contributed by atoms with E-state index in [0.717, 1.165) is 22.3 Å². The number of carbonyl (C=O) groups is 1. The summed E-state index contributed by atoms with van der Waals surface area (Å²) in [6.45, 7) is 0.384. The molecule has 4 aromatic carbocycles. The monoisotopic (exact) mass is 514 g/mol. The molecule has 0 atom stereocenters. The maximum absolute atomic E-state index is 13.6. The molecule has 0 aliphatic heterocycles. The van der Waals surface area contributed by atoms with Gasteiger partial charge in [-0.1, -0.05) is 36.4 Å². The Kier molecular flexibility index (Phi) is 8.98. The SMILES string of the molecule is COc1cc(-c2ccc(OCCO)cc2)ccc1C(=O)c1ccc(-c2ccc(OCCO)cc2)cc1OC. The Morgan fingerprint density at radius 2 is 0.947 bits per heavy atom. The molecule has 7 heteroatoms. The summed E-state index contributed by atoms with van der Waals surface area (Å²) < 4.78 is 22.0. The number of hydrogen-bond acceptors (Lipinski definition) is 7. The van der Waals surface area contributed by atoms with E-state index in [0.29, 0.717) is 34.1 Å². The Morgan fingerprint density at radius 3 is 1.29 bits per heavy atom. The molecule has 2 N–H and O–H groups in total. The predicted molar refractivity (Wildman–Crippen MR) is 145 cm³/mol. The maximum Gasteiger partial charge on any atom is 0.200 e. The molecule has 4 rings (SSSR count). The van der Waals surface area contributed by atoms with E-state index in [1.807, 2.05) is 72.8 Å². The molecule has 0 bridgehead atoms. The zero-order valence-corrected chi connectivity index (χ0v) is 21.3. The van der Waals surface area contributed by atoms with Crippen LogP contribution < -0.4 is 18.9 Å². The molecule has 38 heavy (non-hydrogen) atoms. The molecule has 0 saturated carbocycles. The second-order valence-electron chi connectivity index (χ2n) is 8.35. The van der Waals surface area contributed by atoms with Crippen LogP contribution in [0.2, 0.25) is 0 Å². The lowest BCUT2D eigenvalue weighted by Crippen LogP contribution is -2.06. The first-order chi connectivity index (χ1) is 18.6. The van der Waals surface area contributed by atoms with E-state index in [-0.39, 0.29) is 32.2 Å². The molecule has 0 fully saturated rings. The van der Waals surface area contributed by atoms with Crippen molar-refractivity contribution in [3.63, 3.8) is 0 Å². The van der Waals surface area contributed by atoms with Crippen molar-refractivity contribution in [3.8, 4) is 45.3 Å². The summed E-state index contributed by atoms with van der Waals surface area (Å²) in [6, 6.07) is 25.9. The lowest BCUT2D eigenvalue weighted by Gasteiger charge is -2.14. The van der Waals surface area contributed by atoms with Crippen LogP contribution in [-0.2, 0) is 0 Å². The van der Waals surface area contributed by atoms with Crippen LogP contribution in [0.1, 0.15) is 15.9 Å². The average molecular weight is 515 g/mol. The summed E-state index contributed by atoms with van der Waals surface area (Å²) in [6.07, 6.45) is 0. The van der Waals surface area contributed by atoms with E-state index in [2.05, 4.69) is 0 Å². The van der Waals surface area contributed by atoms with Crippen LogP contribution >= 0.6 is 0 Å². The summed E-state index contributed by atoms with van der Waals surface area (Å²) in [5, 5.41) is 17.8. The average Bonchev–Trinajstić information content (AvgIpc) is 2.98. The highest BCUT2D eigenvalue weighted by Gasteiger charge is 2.20. The van der Waals surface area contributed by atoms with E-state index in [9.17, 15) is 4.79 Å². The summed E-state index contributed by atoms with van der Waals surface area (Å²) in [7, 11) is 3.08. The van der Waals surface area contributed by atoms with Crippen LogP contribution in [0.5, 0.6) is 23.0 Å². The first-order valence-corrected chi connectivity index (χ1v) is 12.2. The number of ketones is 1. The second kappa shape index (κ2) is 12.8. The second-order valence-corrected chi connectivity index (χ2v) is 8.35. The molecule has 0 aromatic heterocycles. The van der Waals surface area contributed by atoms with Gasteiger partial charge in [0.2, 0.25) is 0 Å². The maximum atomic E-state index is 13.6. The van der Waals surface area contributed by atoms with E-state index >= 15 is 0 Å². The lowest BCUT2D eigenvalue weighted by atomic mass is 9.95. The fourth-order valence-corrected chi connectivity index (χ4v) is 4.08. The fourth-order valence-electron chi connectivity index (χ4n) is 4.08. The molecule has 0 aliphatic rings. The normalized spacial score (nSPS) is 10.6. The van der Waals surface area contributed by atoms with Crippen molar-refractivity contribution in [2.75, 3.05) is 40.6 Å². The third-order valence-corrected chi connectivity index (χ3v) is 5.99. The molecule has 7 nitrogen and oxygen atoms in total. The third-order valence-electron chi connectivity index (χ3n) is 5.99. The van der Waals surface area contributed by atoms with Crippen molar-refractivity contribution in [2.45, 2.75) is 0 Å². The molecule has 0 saturated heterocycles. The Hall–Kier alpha value is -4.33. The van der Waals surface area contributed by atoms with Crippen LogP contribution in [0.4, 0.5) is 0 Å². The van der Waals surface area contributed by atoms with Crippen molar-refractivity contribution in [1.29, 1.82) is 0 Å². The zero-order chi connectivity index (χ0) is 26.9. The fraction of sp³-hybridized carbons (Fsp3) is 0.194. The Labute approximate surface area is 221 Å². The first-order valence-electron chi connectivity index (χ1n) is 12.2. The Morgan fingerprint density at radius 1 is 0.579 bits per heavy atom. The number of methoxy groups -OCH3 is 2. The summed E-state index contributed by atoms with van der Waals surface area (Å²) in [5.41, 5.74) is 4.51. The highest BCUT2D eigenvalue weighted by molar-refractivity contribution is 6.13. The van der Waals surface area contributed by atoms with E-state index < -0.39 is 0 Å². The number of ether oxygens (including phenoxy) is 4. The van der Waals surface area contributed by atoms with Gasteiger partial charge in [0.1, 0.15) is 36.2 Å². The molecule has 0 aliphatic carbocycles. The van der Waals surface area contributed by atoms with Gasteiger partial charge in [-0.15, -0.1) is 0 Å². The minimum absolute atomic E-state index is 0.0450. The van der Waals surface area contributed by atoms with Gasteiger partial charge in [0.15, 0.2) is 5.78 Å². The molecular formula is C31H30O7. The number of benzene rings is 4. The highest BCUT2D eigenvalue weighted by Crippen LogP contribution is 2.34. The number of aliphatic hydroxyl groups is 2. The van der Waals surface area contributed by atoms with Crippen LogP contribution in [0, 0.1) is 0 Å². The van der Waals surface area contributed by atoms with Gasteiger partial charge in [-0.25, -0.2) is 0 Å². The third kappa shape index (κ3) is 6.14.